The Morgan fingerprint density at radius 2 is 2.00 bits per heavy atom. The van der Waals surface area contributed by atoms with E-state index in [4.69, 9.17) is 4.42 Å². The van der Waals surface area contributed by atoms with E-state index in [-0.39, 0.29) is 12.5 Å². The van der Waals surface area contributed by atoms with Crippen molar-refractivity contribution in [1.82, 2.24) is 16.0 Å². The Morgan fingerprint density at radius 3 is 2.72 bits per heavy atom. The molecule has 0 unspecified atom stereocenters. The lowest BCUT2D eigenvalue weighted by Gasteiger charge is -2.17. The molecule has 0 radical (unpaired) electrons. The predicted molar refractivity (Wildman–Crippen MR) is 104 cm³/mol. The lowest BCUT2D eigenvalue weighted by molar-refractivity contribution is -0.132. The van der Waals surface area contributed by atoms with Crippen LogP contribution in [-0.2, 0) is 29.0 Å². The maximum absolute atomic E-state index is 12.9. The number of fused-ring (bicyclic) bond motifs is 1. The van der Waals surface area contributed by atoms with Crippen molar-refractivity contribution in [1.29, 1.82) is 0 Å². The Kier molecular flexibility index (Phi) is 5.26. The molecule has 0 atom stereocenters. The van der Waals surface area contributed by atoms with Gasteiger partial charge in [-0.1, -0.05) is 0 Å². The summed E-state index contributed by atoms with van der Waals surface area (Å²) in [5.41, 5.74) is 1.44. The molecule has 0 bridgehead atoms. The van der Waals surface area contributed by atoms with E-state index in [1.54, 1.807) is 12.1 Å². The Bertz CT molecular complexity index is 988. The van der Waals surface area contributed by atoms with Gasteiger partial charge in [0.15, 0.2) is 5.92 Å². The second kappa shape index (κ2) is 8.00. The first kappa shape index (κ1) is 19.1. The summed E-state index contributed by atoms with van der Waals surface area (Å²) < 4.78 is 5.25. The Balaban J connectivity index is 1.60. The van der Waals surface area contributed by atoms with E-state index in [9.17, 15) is 19.2 Å². The minimum Gasteiger partial charge on any atom is -0.467 e. The normalized spacial score (nSPS) is 17.2. The van der Waals surface area contributed by atoms with Gasteiger partial charge in [0.1, 0.15) is 10.8 Å². The number of urea groups is 1. The number of nitrogens with zero attached hydrogens (tertiary/aromatic N) is 1. The van der Waals surface area contributed by atoms with Gasteiger partial charge in [-0.05, 0) is 43.4 Å². The first-order valence-corrected chi connectivity index (χ1v) is 9.99. The van der Waals surface area contributed by atoms with E-state index in [1.165, 1.54) is 23.8 Å². The number of carbonyl (C=O) groups excluding carboxylic acids is 4. The zero-order valence-corrected chi connectivity index (χ0v) is 16.1. The van der Waals surface area contributed by atoms with Gasteiger partial charge in [0.05, 0.1) is 18.4 Å². The first-order chi connectivity index (χ1) is 14.0. The van der Waals surface area contributed by atoms with Crippen LogP contribution in [0.1, 0.15) is 39.4 Å². The second-order valence-electron chi connectivity index (χ2n) is 6.72. The third-order valence-electron chi connectivity index (χ3n) is 4.76. The van der Waals surface area contributed by atoms with Crippen LogP contribution in [0.25, 0.3) is 0 Å². The number of hydrogen-bond acceptors (Lipinski definition) is 7. The molecule has 1 fully saturated rings. The van der Waals surface area contributed by atoms with Crippen LogP contribution in [0, 0.1) is 5.92 Å². The van der Waals surface area contributed by atoms with Crippen molar-refractivity contribution in [2.45, 2.75) is 32.2 Å². The maximum atomic E-state index is 12.9. The largest absolute Gasteiger partial charge is 0.467 e. The summed E-state index contributed by atoms with van der Waals surface area (Å²) in [4.78, 5) is 53.3. The summed E-state index contributed by atoms with van der Waals surface area (Å²) in [6.07, 6.45) is 6.39. The molecule has 1 aliphatic heterocycles. The highest BCUT2D eigenvalue weighted by molar-refractivity contribution is 7.16. The van der Waals surface area contributed by atoms with E-state index in [0.717, 1.165) is 36.1 Å². The molecule has 2 aliphatic rings. The van der Waals surface area contributed by atoms with E-state index < -0.39 is 23.8 Å². The van der Waals surface area contributed by atoms with Gasteiger partial charge in [0.25, 0.3) is 5.91 Å². The summed E-state index contributed by atoms with van der Waals surface area (Å²) in [5.74, 6) is -2.36. The van der Waals surface area contributed by atoms with Crippen LogP contribution in [0.3, 0.4) is 0 Å². The number of thiophene rings is 1. The average Bonchev–Trinajstić information content (AvgIpc) is 3.32. The Labute approximate surface area is 169 Å². The van der Waals surface area contributed by atoms with Gasteiger partial charge in [-0.15, -0.1) is 11.3 Å². The van der Waals surface area contributed by atoms with Crippen LogP contribution >= 0.6 is 11.3 Å². The number of barbiturate groups is 1. The third-order valence-corrected chi connectivity index (χ3v) is 5.96. The van der Waals surface area contributed by atoms with Gasteiger partial charge in [-0.3, -0.25) is 25.0 Å². The van der Waals surface area contributed by atoms with E-state index >= 15 is 0 Å². The molecule has 0 aromatic carbocycles. The van der Waals surface area contributed by atoms with Crippen molar-refractivity contribution in [3.63, 3.8) is 0 Å². The molecule has 0 spiro atoms. The van der Waals surface area contributed by atoms with Gasteiger partial charge in [0.2, 0.25) is 11.8 Å². The van der Waals surface area contributed by atoms with Crippen LogP contribution in [0.15, 0.2) is 27.8 Å². The quantitative estimate of drug-likeness (QED) is 0.508. The van der Waals surface area contributed by atoms with Crippen molar-refractivity contribution in [2.75, 3.05) is 0 Å². The Hall–Kier alpha value is -3.27. The monoisotopic (exact) mass is 414 g/mol. The summed E-state index contributed by atoms with van der Waals surface area (Å²) in [5, 5.41) is 7.35. The number of rotatable bonds is 5. The minimum absolute atomic E-state index is 0.245. The summed E-state index contributed by atoms with van der Waals surface area (Å²) in [6.45, 7) is 0.245. The van der Waals surface area contributed by atoms with E-state index in [0.29, 0.717) is 16.3 Å². The topological polar surface area (TPSA) is 130 Å². The summed E-state index contributed by atoms with van der Waals surface area (Å²) in [6, 6.07) is 2.66. The van der Waals surface area contributed by atoms with Crippen LogP contribution in [-0.4, -0.2) is 30.0 Å². The lowest BCUT2D eigenvalue weighted by Crippen LogP contribution is -2.56. The maximum Gasteiger partial charge on any atom is 0.328 e. The fourth-order valence-electron chi connectivity index (χ4n) is 3.35. The first-order valence-electron chi connectivity index (χ1n) is 9.18. The van der Waals surface area contributed by atoms with Crippen molar-refractivity contribution in [3.8, 4) is 0 Å². The number of aliphatic imine (C=N–C) groups is 1. The highest BCUT2D eigenvalue weighted by Crippen LogP contribution is 2.39. The highest BCUT2D eigenvalue weighted by atomic mass is 32.1. The molecule has 3 N–H and O–H groups in total. The number of furan rings is 1. The Morgan fingerprint density at radius 1 is 1.24 bits per heavy atom. The SMILES string of the molecule is O=C1NC(=O)C(C=Nc2sc3c(c2C(=O)NCc2ccco2)CCCC3)C(=O)N1. The molecule has 2 aromatic rings. The average molecular weight is 414 g/mol. The molecule has 2 aromatic heterocycles. The lowest BCUT2D eigenvalue weighted by atomic mass is 9.95. The zero-order valence-electron chi connectivity index (χ0n) is 15.3. The zero-order chi connectivity index (χ0) is 20.4. The molecule has 150 valence electrons. The van der Waals surface area contributed by atoms with Crippen LogP contribution < -0.4 is 16.0 Å². The van der Waals surface area contributed by atoms with Gasteiger partial charge in [0, 0.05) is 11.1 Å². The van der Waals surface area contributed by atoms with Crippen LogP contribution in [0.4, 0.5) is 9.80 Å². The van der Waals surface area contributed by atoms with Gasteiger partial charge in [-0.2, -0.15) is 0 Å². The van der Waals surface area contributed by atoms with E-state index in [1.807, 2.05) is 10.6 Å². The van der Waals surface area contributed by atoms with Crippen molar-refractivity contribution in [3.05, 3.63) is 40.2 Å². The predicted octanol–water partition coefficient (Wildman–Crippen LogP) is 1.83. The molecule has 1 aliphatic carbocycles. The molecule has 1 saturated heterocycles. The van der Waals surface area contributed by atoms with Crippen LogP contribution in [0.5, 0.6) is 0 Å². The molecule has 3 heterocycles. The smallest absolute Gasteiger partial charge is 0.328 e. The molecule has 9 nitrogen and oxygen atoms in total. The van der Waals surface area contributed by atoms with Gasteiger partial charge >= 0.3 is 6.03 Å². The molecular weight excluding hydrogens is 396 g/mol. The van der Waals surface area contributed by atoms with Crippen molar-refractivity contribution >= 4 is 46.3 Å². The van der Waals surface area contributed by atoms with Crippen molar-refractivity contribution in [2.24, 2.45) is 10.9 Å². The molecule has 0 saturated carbocycles. The molecule has 4 rings (SSSR count). The number of hydrogen-bond donors (Lipinski definition) is 3. The fraction of sp³-hybridized carbons (Fsp3) is 0.316. The number of imide groups is 2. The minimum atomic E-state index is -1.23. The van der Waals surface area contributed by atoms with E-state index in [2.05, 4.69) is 10.3 Å². The van der Waals surface area contributed by atoms with Gasteiger partial charge < -0.3 is 9.73 Å². The molecule has 29 heavy (non-hydrogen) atoms. The summed E-state index contributed by atoms with van der Waals surface area (Å²) >= 11 is 1.39. The number of nitrogens with one attached hydrogen (secondary N) is 3. The fourth-order valence-corrected chi connectivity index (χ4v) is 4.59. The molecular formula is C19H18N4O5S. The third kappa shape index (κ3) is 3.97. The highest BCUT2D eigenvalue weighted by Gasteiger charge is 2.33. The standard InChI is InChI=1S/C19H18N4O5S/c24-15-12(16(25)23-19(27)22-15)9-21-18-14(11-5-1-2-6-13(11)29-18)17(26)20-8-10-4-3-7-28-10/h3-4,7,9,12H,1-2,5-6,8H2,(H,20,26)(H2,22,23,24,25,27). The van der Waals surface area contributed by atoms with Gasteiger partial charge in [-0.25, -0.2) is 9.79 Å². The molecule has 5 amide bonds. The number of aryl methyl sites for hydroxylation is 1. The van der Waals surface area contributed by atoms with Crippen LogP contribution in [0.2, 0.25) is 0 Å². The van der Waals surface area contributed by atoms with Crippen molar-refractivity contribution < 1.29 is 23.6 Å². The molecule has 10 heteroatoms. The number of amides is 5. The second-order valence-corrected chi connectivity index (χ2v) is 7.80. The summed E-state index contributed by atoms with van der Waals surface area (Å²) in [7, 11) is 0. The number of carbonyl (C=O) groups is 4.